The topological polar surface area (TPSA) is 107 Å². The number of fused-ring (bicyclic) bond motifs is 1. The minimum absolute atomic E-state index is 0.0832. The number of carbonyl (C=O) groups is 1. The lowest BCUT2D eigenvalue weighted by atomic mass is 9.89. The van der Waals surface area contributed by atoms with E-state index in [-0.39, 0.29) is 43.1 Å². The highest BCUT2D eigenvalue weighted by Crippen LogP contribution is 2.37. The summed E-state index contributed by atoms with van der Waals surface area (Å²) in [6.45, 7) is 0.185. The van der Waals surface area contributed by atoms with Gasteiger partial charge in [-0.05, 0) is 47.2 Å². The molecule has 1 saturated heterocycles. The Hall–Kier alpha value is -3.84. The Morgan fingerprint density at radius 1 is 1.00 bits per heavy atom. The van der Waals surface area contributed by atoms with Crippen LogP contribution in [0.4, 0.5) is 23.7 Å². The monoisotopic (exact) mass is 549 g/mol. The molecule has 2 heterocycles. The van der Waals surface area contributed by atoms with Crippen LogP contribution in [0.5, 0.6) is 5.75 Å². The molecule has 0 bridgehead atoms. The van der Waals surface area contributed by atoms with Crippen molar-refractivity contribution < 1.29 is 40.7 Å². The fraction of sp³-hybridized carbons (Fsp3) is 0.280. The largest absolute Gasteiger partial charge is 0.573 e. The van der Waals surface area contributed by atoms with Crippen molar-refractivity contribution in [2.45, 2.75) is 36.1 Å². The molecule has 0 unspecified atom stereocenters. The molecule has 5 rings (SSSR count). The zero-order chi connectivity index (χ0) is 27.0. The number of rotatable bonds is 4. The van der Waals surface area contributed by atoms with E-state index in [4.69, 9.17) is 9.57 Å². The van der Waals surface area contributed by atoms with Gasteiger partial charge in [-0.3, -0.25) is 5.32 Å². The summed E-state index contributed by atoms with van der Waals surface area (Å²) in [5.74, 6) is -0.428. The van der Waals surface area contributed by atoms with Gasteiger partial charge < -0.3 is 14.3 Å². The normalized spacial score (nSPS) is 17.6. The third-order valence-electron chi connectivity index (χ3n) is 6.35. The van der Waals surface area contributed by atoms with E-state index in [0.717, 1.165) is 35.0 Å². The molecule has 0 aromatic heterocycles. The number of oxime groups is 1. The molecular formula is C25H22F3N3O6S. The van der Waals surface area contributed by atoms with Crippen LogP contribution in [0.15, 0.2) is 76.8 Å². The van der Waals surface area contributed by atoms with E-state index in [9.17, 15) is 26.4 Å². The van der Waals surface area contributed by atoms with Crippen molar-refractivity contribution in [3.63, 3.8) is 0 Å². The number of hydrogen-bond acceptors (Lipinski definition) is 7. The average molecular weight is 550 g/mol. The highest BCUT2D eigenvalue weighted by Gasteiger charge is 2.45. The van der Waals surface area contributed by atoms with Crippen molar-refractivity contribution in [3.8, 4) is 5.75 Å². The summed E-state index contributed by atoms with van der Waals surface area (Å²) in [4.78, 5) is 17.8. The van der Waals surface area contributed by atoms with Crippen LogP contribution in [0.25, 0.3) is 10.8 Å². The number of piperidine rings is 1. The minimum atomic E-state index is -4.87. The molecule has 2 aliphatic heterocycles. The SMILES string of the molecule is O=C(Nc1ccc2ccccc2c1)OC1=NOC2(CCN(S(=O)(=O)c3ccc(OC(F)(F)F)cc3)CC2)C1. The lowest BCUT2D eigenvalue weighted by Crippen LogP contribution is -2.46. The third-order valence-corrected chi connectivity index (χ3v) is 8.26. The van der Waals surface area contributed by atoms with Crippen LogP contribution >= 0.6 is 0 Å². The van der Waals surface area contributed by atoms with Crippen molar-refractivity contribution in [2.24, 2.45) is 5.16 Å². The van der Waals surface area contributed by atoms with E-state index >= 15 is 0 Å². The van der Waals surface area contributed by atoms with E-state index < -0.39 is 33.8 Å². The zero-order valence-corrected chi connectivity index (χ0v) is 20.6. The van der Waals surface area contributed by atoms with Gasteiger partial charge in [0.15, 0.2) is 0 Å². The standard InChI is InChI=1S/C25H22F3N3O6S/c26-25(27,28)36-20-7-9-21(10-8-20)38(33,34)31-13-11-24(12-14-31)16-22(30-37-24)35-23(32)29-19-6-5-17-3-1-2-4-18(17)15-19/h1-10,15H,11-14,16H2,(H,29,32). The summed E-state index contributed by atoms with van der Waals surface area (Å²) < 4.78 is 73.3. The minimum Gasteiger partial charge on any atom is -0.406 e. The van der Waals surface area contributed by atoms with Gasteiger partial charge in [0.25, 0.3) is 0 Å². The maximum atomic E-state index is 13.0. The van der Waals surface area contributed by atoms with Crippen LogP contribution in [0.3, 0.4) is 0 Å². The summed E-state index contributed by atoms with van der Waals surface area (Å²) in [5, 5.41) is 8.53. The Morgan fingerprint density at radius 3 is 2.37 bits per heavy atom. The van der Waals surface area contributed by atoms with E-state index in [1.165, 1.54) is 4.31 Å². The number of alkyl halides is 3. The van der Waals surface area contributed by atoms with Gasteiger partial charge in [0, 0.05) is 31.6 Å². The van der Waals surface area contributed by atoms with Gasteiger partial charge in [0.1, 0.15) is 11.4 Å². The molecule has 1 N–H and O–H groups in total. The summed E-state index contributed by atoms with van der Waals surface area (Å²) in [6, 6.07) is 17.2. The van der Waals surface area contributed by atoms with Gasteiger partial charge >= 0.3 is 12.5 Å². The first kappa shape index (κ1) is 25.8. The van der Waals surface area contributed by atoms with E-state index in [2.05, 4.69) is 15.2 Å². The van der Waals surface area contributed by atoms with Crippen molar-refractivity contribution in [3.05, 3.63) is 66.7 Å². The Kier molecular flexibility index (Phi) is 6.65. The Morgan fingerprint density at radius 2 is 1.68 bits per heavy atom. The van der Waals surface area contributed by atoms with Crippen LogP contribution in [0.2, 0.25) is 0 Å². The van der Waals surface area contributed by atoms with Gasteiger partial charge in [-0.15, -0.1) is 13.2 Å². The van der Waals surface area contributed by atoms with Crippen LogP contribution in [-0.4, -0.2) is 49.8 Å². The molecule has 3 aromatic rings. The second kappa shape index (κ2) is 9.80. The van der Waals surface area contributed by atoms with E-state index in [0.29, 0.717) is 5.69 Å². The van der Waals surface area contributed by atoms with Crippen LogP contribution in [0, 0.1) is 0 Å². The van der Waals surface area contributed by atoms with Crippen LogP contribution in [0.1, 0.15) is 19.3 Å². The second-order valence-electron chi connectivity index (χ2n) is 8.94. The predicted octanol–water partition coefficient (Wildman–Crippen LogP) is 5.24. The molecule has 200 valence electrons. The number of nitrogens with one attached hydrogen (secondary N) is 1. The Bertz CT molecular complexity index is 1480. The molecule has 1 amide bonds. The molecule has 13 heteroatoms. The number of carbonyl (C=O) groups excluding carboxylic acids is 1. The van der Waals surface area contributed by atoms with Gasteiger partial charge in [-0.25, -0.2) is 13.2 Å². The Balaban J connectivity index is 1.14. The van der Waals surface area contributed by atoms with Crippen LogP contribution in [-0.2, 0) is 19.6 Å². The summed E-state index contributed by atoms with van der Waals surface area (Å²) in [5.41, 5.74) is -0.255. The number of halogens is 3. The average Bonchev–Trinajstić information content (AvgIpc) is 3.25. The number of benzene rings is 3. The van der Waals surface area contributed by atoms with Gasteiger partial charge in [0.2, 0.25) is 15.9 Å². The van der Waals surface area contributed by atoms with Crippen molar-refractivity contribution in [2.75, 3.05) is 18.4 Å². The maximum absolute atomic E-state index is 13.0. The highest BCUT2D eigenvalue weighted by atomic mass is 32.2. The fourth-order valence-corrected chi connectivity index (χ4v) is 5.87. The molecular weight excluding hydrogens is 527 g/mol. The lowest BCUT2D eigenvalue weighted by molar-refractivity contribution is -0.274. The van der Waals surface area contributed by atoms with Gasteiger partial charge in [-0.2, -0.15) is 4.31 Å². The third kappa shape index (κ3) is 5.68. The van der Waals surface area contributed by atoms with Crippen molar-refractivity contribution >= 4 is 38.5 Å². The summed E-state index contributed by atoms with van der Waals surface area (Å²) in [7, 11) is -3.94. The maximum Gasteiger partial charge on any atom is 0.573 e. The van der Waals surface area contributed by atoms with Gasteiger partial charge in [-0.1, -0.05) is 35.5 Å². The molecule has 3 aromatic carbocycles. The second-order valence-corrected chi connectivity index (χ2v) is 10.9. The van der Waals surface area contributed by atoms with E-state index in [1.807, 2.05) is 36.4 Å². The first-order chi connectivity index (χ1) is 18.0. The molecule has 38 heavy (non-hydrogen) atoms. The number of sulfonamides is 1. The number of anilines is 1. The molecule has 0 atom stereocenters. The van der Waals surface area contributed by atoms with Gasteiger partial charge in [0.05, 0.1) is 11.3 Å². The molecule has 2 aliphatic rings. The highest BCUT2D eigenvalue weighted by molar-refractivity contribution is 7.89. The first-order valence-electron chi connectivity index (χ1n) is 11.6. The summed E-state index contributed by atoms with van der Waals surface area (Å²) in [6.07, 6.45) is -4.84. The predicted molar refractivity (Wildman–Crippen MR) is 131 cm³/mol. The molecule has 1 fully saturated rings. The Labute approximate surface area is 215 Å². The lowest BCUT2D eigenvalue weighted by Gasteiger charge is -2.36. The summed E-state index contributed by atoms with van der Waals surface area (Å²) >= 11 is 0. The number of hydrogen-bond donors (Lipinski definition) is 1. The van der Waals surface area contributed by atoms with E-state index in [1.54, 1.807) is 6.07 Å². The first-order valence-corrected chi connectivity index (χ1v) is 13.0. The number of amides is 1. The van der Waals surface area contributed by atoms with Crippen LogP contribution < -0.4 is 10.1 Å². The number of nitrogens with zero attached hydrogens (tertiary/aromatic N) is 2. The molecule has 0 radical (unpaired) electrons. The smallest absolute Gasteiger partial charge is 0.406 e. The molecule has 0 saturated carbocycles. The zero-order valence-electron chi connectivity index (χ0n) is 19.8. The van der Waals surface area contributed by atoms with Crippen molar-refractivity contribution in [1.29, 1.82) is 0 Å². The quantitative estimate of drug-likeness (QED) is 0.477. The number of ether oxygens (including phenoxy) is 2. The molecule has 1 spiro atoms. The fourth-order valence-electron chi connectivity index (χ4n) is 4.42. The van der Waals surface area contributed by atoms with Crippen molar-refractivity contribution in [1.82, 2.24) is 4.31 Å². The molecule has 0 aliphatic carbocycles. The molecule has 9 nitrogen and oxygen atoms in total.